The second kappa shape index (κ2) is 15.0. The number of nitrogens with one attached hydrogen (secondary N) is 2. The number of benzene rings is 1. The normalized spacial score (nSPS) is 16.8. The molecule has 1 aromatic carbocycles. The Morgan fingerprint density at radius 2 is 1.81 bits per heavy atom. The first kappa shape index (κ1) is 32.9. The summed E-state index contributed by atoms with van der Waals surface area (Å²) in [6.45, 7) is 20.9. The van der Waals surface area contributed by atoms with Gasteiger partial charge in [-0.05, 0) is 121 Å². The number of nitrogens with zero attached hydrogens (tertiary/aromatic N) is 2. The molecular formula is C35H50N4O3. The molecule has 0 saturated heterocycles. The van der Waals surface area contributed by atoms with E-state index >= 15 is 0 Å². The fraction of sp³-hybridized carbons (Fsp3) is 0.514. The summed E-state index contributed by atoms with van der Waals surface area (Å²) in [4.78, 5) is 33.0. The number of amides is 2. The van der Waals surface area contributed by atoms with Crippen molar-refractivity contribution in [2.45, 2.75) is 111 Å². The number of hydrogen-bond acceptors (Lipinski definition) is 5. The van der Waals surface area contributed by atoms with E-state index in [0.29, 0.717) is 24.6 Å². The fourth-order valence-electron chi connectivity index (χ4n) is 5.97. The average Bonchev–Trinajstić information content (AvgIpc) is 2.92. The molecule has 0 aliphatic heterocycles. The van der Waals surface area contributed by atoms with Crippen LogP contribution in [0.3, 0.4) is 0 Å². The van der Waals surface area contributed by atoms with Gasteiger partial charge in [0.15, 0.2) is 0 Å². The van der Waals surface area contributed by atoms with E-state index in [9.17, 15) is 9.59 Å². The molecule has 0 spiro atoms. The molecule has 42 heavy (non-hydrogen) atoms. The van der Waals surface area contributed by atoms with Crippen molar-refractivity contribution < 1.29 is 14.3 Å². The summed E-state index contributed by atoms with van der Waals surface area (Å²) in [6, 6.07) is 8.54. The van der Waals surface area contributed by atoms with E-state index < -0.39 is 5.60 Å². The highest BCUT2D eigenvalue weighted by molar-refractivity contribution is 5.97. The van der Waals surface area contributed by atoms with Crippen molar-refractivity contribution in [2.24, 2.45) is 0 Å². The highest BCUT2D eigenvalue weighted by atomic mass is 16.6. The van der Waals surface area contributed by atoms with Crippen molar-refractivity contribution in [1.82, 2.24) is 15.6 Å². The van der Waals surface area contributed by atoms with Crippen LogP contribution in [0.2, 0.25) is 0 Å². The lowest BCUT2D eigenvalue weighted by Crippen LogP contribution is -2.45. The molecular weight excluding hydrogens is 524 g/mol. The summed E-state index contributed by atoms with van der Waals surface area (Å²) in [7, 11) is 0. The van der Waals surface area contributed by atoms with Crippen molar-refractivity contribution in [3.8, 4) is 0 Å². The fourth-order valence-corrected chi connectivity index (χ4v) is 5.97. The quantitative estimate of drug-likeness (QED) is 0.263. The van der Waals surface area contributed by atoms with Crippen LogP contribution in [0.15, 0.2) is 49.6 Å². The van der Waals surface area contributed by atoms with Crippen LogP contribution in [-0.2, 0) is 24.1 Å². The van der Waals surface area contributed by atoms with Gasteiger partial charge < -0.3 is 20.3 Å². The van der Waals surface area contributed by atoms with Crippen LogP contribution in [-0.4, -0.2) is 41.2 Å². The summed E-state index contributed by atoms with van der Waals surface area (Å²) in [5, 5.41) is 6.23. The number of hydrogen-bond donors (Lipinski definition) is 2. The lowest BCUT2D eigenvalue weighted by molar-refractivity contribution is 0.0491. The molecule has 1 heterocycles. The van der Waals surface area contributed by atoms with E-state index in [-0.39, 0.29) is 18.0 Å². The van der Waals surface area contributed by atoms with E-state index in [0.717, 1.165) is 73.3 Å². The third kappa shape index (κ3) is 8.94. The van der Waals surface area contributed by atoms with Gasteiger partial charge in [-0.2, -0.15) is 0 Å². The molecule has 0 bridgehead atoms. The zero-order chi connectivity index (χ0) is 30.9. The number of rotatable bonds is 12. The van der Waals surface area contributed by atoms with E-state index in [2.05, 4.69) is 52.7 Å². The van der Waals surface area contributed by atoms with Crippen molar-refractivity contribution in [3.63, 3.8) is 0 Å². The number of aromatic nitrogens is 1. The number of anilines is 1. The van der Waals surface area contributed by atoms with Crippen LogP contribution < -0.4 is 15.5 Å². The summed E-state index contributed by atoms with van der Waals surface area (Å²) < 4.78 is 5.45. The number of allylic oxidation sites excluding steroid dienone is 2. The smallest absolute Gasteiger partial charge is 0.407 e. The molecule has 0 unspecified atom stereocenters. The van der Waals surface area contributed by atoms with Crippen LogP contribution >= 0.6 is 0 Å². The second-order valence-electron chi connectivity index (χ2n) is 12.2. The Kier molecular flexibility index (Phi) is 11.8. The lowest BCUT2D eigenvalue weighted by Gasteiger charge is -2.39. The largest absolute Gasteiger partial charge is 0.444 e. The van der Waals surface area contributed by atoms with E-state index in [4.69, 9.17) is 4.74 Å². The molecule has 1 fully saturated rings. The maximum atomic E-state index is 13.6. The Morgan fingerprint density at radius 1 is 1.10 bits per heavy atom. The standard InChI is InChI=1S/C35H50N4O3/c1-9-12-15-26-22-24(4)37-25(5)31(26)23-36-33(40)30-16-13-17-32(29(30)14-10-2)39(11-3)28-20-18-27(19-21-28)38-34(41)42-35(6,7)8/h9-10,13,16-17,22,27-28H,1-2,11-12,14-15,18-21,23H2,3-8H3,(H,36,40)(H,38,41)/t27-,28-. The van der Waals surface area contributed by atoms with Crippen molar-refractivity contribution in [1.29, 1.82) is 0 Å². The molecule has 0 radical (unpaired) electrons. The van der Waals surface area contributed by atoms with E-state index in [1.165, 1.54) is 5.56 Å². The molecule has 3 rings (SSSR count). The first-order chi connectivity index (χ1) is 20.0. The van der Waals surface area contributed by atoms with Gasteiger partial charge in [0.05, 0.1) is 0 Å². The molecule has 1 saturated carbocycles. The zero-order valence-corrected chi connectivity index (χ0v) is 26.5. The molecule has 7 nitrogen and oxygen atoms in total. The Balaban J connectivity index is 1.76. The molecule has 228 valence electrons. The van der Waals surface area contributed by atoms with E-state index in [1.807, 2.05) is 58.9 Å². The molecule has 1 aliphatic rings. The summed E-state index contributed by atoms with van der Waals surface area (Å²) in [5.41, 5.74) is 6.44. The minimum atomic E-state index is -0.511. The third-order valence-electron chi connectivity index (χ3n) is 7.85. The van der Waals surface area contributed by atoms with Gasteiger partial charge in [-0.15, -0.1) is 13.2 Å². The molecule has 2 amide bonds. The second-order valence-corrected chi connectivity index (χ2v) is 12.2. The Hall–Kier alpha value is -3.61. The van der Waals surface area contributed by atoms with Crippen LogP contribution in [0.5, 0.6) is 0 Å². The van der Waals surface area contributed by atoms with Gasteiger partial charge in [0.2, 0.25) is 0 Å². The number of carbonyl (C=O) groups excluding carboxylic acids is 2. The van der Waals surface area contributed by atoms with Gasteiger partial charge in [0.25, 0.3) is 5.91 Å². The molecule has 2 aromatic rings. The predicted molar refractivity (Wildman–Crippen MR) is 172 cm³/mol. The number of carbonyl (C=O) groups is 2. The monoisotopic (exact) mass is 574 g/mol. The first-order valence-electron chi connectivity index (χ1n) is 15.3. The van der Waals surface area contributed by atoms with Crippen LogP contribution in [0.25, 0.3) is 0 Å². The Bertz CT molecular complexity index is 1260. The maximum Gasteiger partial charge on any atom is 0.407 e. The van der Waals surface area contributed by atoms with Crippen LogP contribution in [0, 0.1) is 13.8 Å². The minimum Gasteiger partial charge on any atom is -0.444 e. The van der Waals surface area contributed by atoms with Crippen molar-refractivity contribution in [3.05, 3.63) is 83.2 Å². The van der Waals surface area contributed by atoms with Crippen molar-refractivity contribution in [2.75, 3.05) is 11.4 Å². The number of alkyl carbamates (subject to hydrolysis) is 1. The minimum absolute atomic E-state index is 0.0929. The van der Waals surface area contributed by atoms with Gasteiger partial charge in [-0.1, -0.05) is 18.2 Å². The zero-order valence-electron chi connectivity index (χ0n) is 26.5. The molecule has 2 N–H and O–H groups in total. The maximum absolute atomic E-state index is 13.6. The predicted octanol–water partition coefficient (Wildman–Crippen LogP) is 7.14. The summed E-state index contributed by atoms with van der Waals surface area (Å²) in [6.07, 6.45) is 9.45. The average molecular weight is 575 g/mol. The molecule has 1 aromatic heterocycles. The topological polar surface area (TPSA) is 83.6 Å². The Morgan fingerprint density at radius 3 is 2.43 bits per heavy atom. The van der Waals surface area contributed by atoms with Gasteiger partial charge in [0, 0.05) is 47.8 Å². The van der Waals surface area contributed by atoms with Gasteiger partial charge in [-0.3, -0.25) is 9.78 Å². The Labute approximate surface area is 252 Å². The number of aryl methyl sites for hydroxylation is 3. The highest BCUT2D eigenvalue weighted by Gasteiger charge is 2.29. The summed E-state index contributed by atoms with van der Waals surface area (Å²) >= 11 is 0. The number of ether oxygens (including phenoxy) is 1. The van der Waals surface area contributed by atoms with Gasteiger partial charge >= 0.3 is 6.09 Å². The van der Waals surface area contributed by atoms with Gasteiger partial charge in [0.1, 0.15) is 5.60 Å². The van der Waals surface area contributed by atoms with E-state index in [1.54, 1.807) is 0 Å². The molecule has 0 atom stereocenters. The molecule has 7 heteroatoms. The molecule has 1 aliphatic carbocycles. The lowest BCUT2D eigenvalue weighted by atomic mass is 9.89. The first-order valence-corrected chi connectivity index (χ1v) is 15.3. The number of pyridine rings is 1. The third-order valence-corrected chi connectivity index (χ3v) is 7.85. The van der Waals surface area contributed by atoms with Crippen LogP contribution in [0.4, 0.5) is 10.5 Å². The SMILES string of the molecule is C=CCCc1cc(C)nc(C)c1CNC(=O)c1cccc(N(CC)[C@H]2CC[C@H](NC(=O)OC(C)(C)C)CC2)c1CC=C. The van der Waals surface area contributed by atoms with Crippen LogP contribution in [0.1, 0.15) is 98.2 Å². The summed E-state index contributed by atoms with van der Waals surface area (Å²) in [5.74, 6) is -0.0929. The highest BCUT2D eigenvalue weighted by Crippen LogP contribution is 2.32. The van der Waals surface area contributed by atoms with Crippen molar-refractivity contribution >= 4 is 17.7 Å². The van der Waals surface area contributed by atoms with Gasteiger partial charge in [-0.25, -0.2) is 4.79 Å².